The second-order valence-electron chi connectivity index (χ2n) is 3.13. The Morgan fingerprint density at radius 2 is 2.15 bits per heavy atom. The highest BCUT2D eigenvalue weighted by molar-refractivity contribution is 5.97. The van der Waals surface area contributed by atoms with Gasteiger partial charge in [0.05, 0.1) is 0 Å². The molecule has 0 saturated carbocycles. The number of aromatic amines is 1. The summed E-state index contributed by atoms with van der Waals surface area (Å²) in [7, 11) is 0. The standard InChI is InChI=1S/C10H10N2O/c1-6-3-4-8-9(5-13)7(2)12-10(8)11-6/h3-5H,1-2H3,(H,11,12). The van der Waals surface area contributed by atoms with Crippen LogP contribution in [0, 0.1) is 13.8 Å². The van der Waals surface area contributed by atoms with Gasteiger partial charge in [0.2, 0.25) is 0 Å². The molecule has 13 heavy (non-hydrogen) atoms. The molecule has 1 N–H and O–H groups in total. The molecule has 0 fully saturated rings. The summed E-state index contributed by atoms with van der Waals surface area (Å²) in [6.07, 6.45) is 0.866. The van der Waals surface area contributed by atoms with E-state index in [1.165, 1.54) is 0 Å². The van der Waals surface area contributed by atoms with Gasteiger partial charge in [-0.15, -0.1) is 0 Å². The lowest BCUT2D eigenvalue weighted by Gasteiger charge is -1.91. The van der Waals surface area contributed by atoms with Gasteiger partial charge in [-0.2, -0.15) is 0 Å². The Morgan fingerprint density at radius 3 is 2.85 bits per heavy atom. The van der Waals surface area contributed by atoms with Gasteiger partial charge >= 0.3 is 0 Å². The number of hydrogen-bond donors (Lipinski definition) is 1. The summed E-state index contributed by atoms with van der Waals surface area (Å²) in [5.41, 5.74) is 3.33. The SMILES string of the molecule is Cc1ccc2c(C=O)c(C)[nH]c2n1. The van der Waals surface area contributed by atoms with Crippen molar-refractivity contribution in [3.8, 4) is 0 Å². The molecule has 0 amide bonds. The number of nitrogens with one attached hydrogen (secondary N) is 1. The van der Waals surface area contributed by atoms with Crippen molar-refractivity contribution in [2.45, 2.75) is 13.8 Å². The molecule has 0 radical (unpaired) electrons. The van der Waals surface area contributed by atoms with Gasteiger partial charge in [-0.3, -0.25) is 4.79 Å². The molecule has 0 saturated heterocycles. The molecule has 0 aliphatic heterocycles. The Labute approximate surface area is 75.8 Å². The predicted octanol–water partition coefficient (Wildman–Crippen LogP) is 1.99. The van der Waals surface area contributed by atoms with E-state index in [1.807, 2.05) is 26.0 Å². The minimum absolute atomic E-state index is 0.711. The monoisotopic (exact) mass is 174 g/mol. The molecule has 66 valence electrons. The first-order valence-electron chi connectivity index (χ1n) is 4.13. The van der Waals surface area contributed by atoms with Crippen molar-refractivity contribution in [1.82, 2.24) is 9.97 Å². The Kier molecular flexibility index (Phi) is 1.65. The van der Waals surface area contributed by atoms with Crippen LogP contribution in [0.5, 0.6) is 0 Å². The van der Waals surface area contributed by atoms with Crippen molar-refractivity contribution in [3.05, 3.63) is 29.1 Å². The zero-order valence-electron chi connectivity index (χ0n) is 7.59. The quantitative estimate of drug-likeness (QED) is 0.672. The van der Waals surface area contributed by atoms with E-state index in [0.717, 1.165) is 28.7 Å². The highest BCUT2D eigenvalue weighted by Crippen LogP contribution is 2.18. The molecule has 0 unspecified atom stereocenters. The Morgan fingerprint density at radius 1 is 1.38 bits per heavy atom. The topological polar surface area (TPSA) is 45.8 Å². The maximum Gasteiger partial charge on any atom is 0.152 e. The van der Waals surface area contributed by atoms with E-state index in [-0.39, 0.29) is 0 Å². The summed E-state index contributed by atoms with van der Waals surface area (Å²) in [6.45, 7) is 3.80. The van der Waals surface area contributed by atoms with Crippen LogP contribution in [0.3, 0.4) is 0 Å². The van der Waals surface area contributed by atoms with Gasteiger partial charge in [0.15, 0.2) is 6.29 Å². The maximum absolute atomic E-state index is 10.7. The lowest BCUT2D eigenvalue weighted by Crippen LogP contribution is -1.81. The summed E-state index contributed by atoms with van der Waals surface area (Å²) in [4.78, 5) is 18.1. The number of aryl methyl sites for hydroxylation is 2. The Hall–Kier alpha value is -1.64. The largest absolute Gasteiger partial charge is 0.343 e. The minimum atomic E-state index is 0.711. The zero-order chi connectivity index (χ0) is 9.42. The Bertz CT molecular complexity index is 471. The van der Waals surface area contributed by atoms with Crippen LogP contribution < -0.4 is 0 Å². The third-order valence-corrected chi connectivity index (χ3v) is 2.15. The van der Waals surface area contributed by atoms with Crippen molar-refractivity contribution in [2.24, 2.45) is 0 Å². The van der Waals surface area contributed by atoms with E-state index in [4.69, 9.17) is 0 Å². The number of carbonyl (C=O) groups excluding carboxylic acids is 1. The summed E-state index contributed by atoms with van der Waals surface area (Å²) in [5.74, 6) is 0. The molecule has 0 aliphatic rings. The van der Waals surface area contributed by atoms with Gasteiger partial charge in [0.25, 0.3) is 0 Å². The Balaban J connectivity index is 2.86. The molecule has 0 bridgehead atoms. The predicted molar refractivity (Wildman–Crippen MR) is 51.0 cm³/mol. The molecular formula is C10H10N2O. The number of pyridine rings is 1. The lowest BCUT2D eigenvalue weighted by atomic mass is 10.2. The smallest absolute Gasteiger partial charge is 0.152 e. The fraction of sp³-hybridized carbons (Fsp3) is 0.200. The third-order valence-electron chi connectivity index (χ3n) is 2.15. The molecule has 2 rings (SSSR count). The first kappa shape index (κ1) is 7.98. The first-order valence-corrected chi connectivity index (χ1v) is 4.13. The minimum Gasteiger partial charge on any atom is -0.343 e. The lowest BCUT2D eigenvalue weighted by molar-refractivity contribution is 0.112. The van der Waals surface area contributed by atoms with E-state index in [2.05, 4.69) is 9.97 Å². The number of fused-ring (bicyclic) bond motifs is 1. The van der Waals surface area contributed by atoms with Gasteiger partial charge in [0.1, 0.15) is 5.65 Å². The van der Waals surface area contributed by atoms with E-state index in [1.54, 1.807) is 0 Å². The van der Waals surface area contributed by atoms with Crippen LogP contribution in [0.25, 0.3) is 11.0 Å². The van der Waals surface area contributed by atoms with Crippen molar-refractivity contribution in [1.29, 1.82) is 0 Å². The molecule has 3 heteroatoms. The van der Waals surface area contributed by atoms with Crippen LogP contribution >= 0.6 is 0 Å². The summed E-state index contributed by atoms with van der Waals surface area (Å²) in [6, 6.07) is 3.83. The van der Waals surface area contributed by atoms with E-state index < -0.39 is 0 Å². The molecule has 3 nitrogen and oxygen atoms in total. The molecule has 2 aromatic rings. The maximum atomic E-state index is 10.7. The van der Waals surface area contributed by atoms with Gasteiger partial charge in [0, 0.05) is 22.3 Å². The average Bonchev–Trinajstić information content (AvgIpc) is 2.39. The van der Waals surface area contributed by atoms with Crippen LogP contribution in [0.1, 0.15) is 21.7 Å². The summed E-state index contributed by atoms with van der Waals surface area (Å²) < 4.78 is 0. The van der Waals surface area contributed by atoms with Crippen molar-refractivity contribution >= 4 is 17.3 Å². The number of aldehydes is 1. The number of hydrogen-bond acceptors (Lipinski definition) is 2. The average molecular weight is 174 g/mol. The molecular weight excluding hydrogens is 164 g/mol. The van der Waals surface area contributed by atoms with Gasteiger partial charge in [-0.1, -0.05) is 0 Å². The molecule has 0 aliphatic carbocycles. The van der Waals surface area contributed by atoms with Crippen molar-refractivity contribution in [3.63, 3.8) is 0 Å². The van der Waals surface area contributed by atoms with Crippen molar-refractivity contribution in [2.75, 3.05) is 0 Å². The van der Waals surface area contributed by atoms with Gasteiger partial charge < -0.3 is 4.98 Å². The fourth-order valence-corrected chi connectivity index (χ4v) is 1.47. The zero-order valence-corrected chi connectivity index (χ0v) is 7.59. The second-order valence-corrected chi connectivity index (χ2v) is 3.13. The fourth-order valence-electron chi connectivity index (χ4n) is 1.47. The van der Waals surface area contributed by atoms with E-state index in [9.17, 15) is 4.79 Å². The van der Waals surface area contributed by atoms with E-state index in [0.29, 0.717) is 5.56 Å². The molecule has 2 aromatic heterocycles. The highest BCUT2D eigenvalue weighted by Gasteiger charge is 2.07. The van der Waals surface area contributed by atoms with Crippen LogP contribution in [0.15, 0.2) is 12.1 Å². The van der Waals surface area contributed by atoms with Gasteiger partial charge in [-0.25, -0.2) is 4.98 Å². The van der Waals surface area contributed by atoms with Gasteiger partial charge in [-0.05, 0) is 26.0 Å². The van der Waals surface area contributed by atoms with Crippen LogP contribution in [0.4, 0.5) is 0 Å². The number of carbonyl (C=O) groups is 1. The van der Waals surface area contributed by atoms with Crippen LogP contribution in [0.2, 0.25) is 0 Å². The molecule has 0 spiro atoms. The first-order chi connectivity index (χ1) is 6.22. The molecule has 2 heterocycles. The summed E-state index contributed by atoms with van der Waals surface area (Å²) >= 11 is 0. The van der Waals surface area contributed by atoms with Crippen LogP contribution in [-0.4, -0.2) is 16.3 Å². The molecule has 0 atom stereocenters. The van der Waals surface area contributed by atoms with Crippen LogP contribution in [-0.2, 0) is 0 Å². The number of rotatable bonds is 1. The number of nitrogens with zero attached hydrogens (tertiary/aromatic N) is 1. The second kappa shape index (κ2) is 2.69. The number of H-pyrrole nitrogens is 1. The molecule has 0 aromatic carbocycles. The number of aromatic nitrogens is 2. The van der Waals surface area contributed by atoms with E-state index >= 15 is 0 Å². The third kappa shape index (κ3) is 1.13. The van der Waals surface area contributed by atoms with Crippen molar-refractivity contribution < 1.29 is 4.79 Å². The summed E-state index contributed by atoms with van der Waals surface area (Å²) in [5, 5.41) is 0.901. The highest BCUT2D eigenvalue weighted by atomic mass is 16.1. The normalized spacial score (nSPS) is 10.6.